The highest BCUT2D eigenvalue weighted by molar-refractivity contribution is 6.43. The van der Waals surface area contributed by atoms with Gasteiger partial charge in [-0.2, -0.15) is 0 Å². The molecule has 5 heteroatoms. The van der Waals surface area contributed by atoms with Gasteiger partial charge in [0.2, 0.25) is 0 Å². The summed E-state index contributed by atoms with van der Waals surface area (Å²) in [5, 5.41) is 0.495. The molecule has 0 radical (unpaired) electrons. The number of nitrogen functional groups attached to an aromatic ring is 1. The van der Waals surface area contributed by atoms with E-state index in [2.05, 4.69) is 0 Å². The van der Waals surface area contributed by atoms with Crippen molar-refractivity contribution < 1.29 is 9.53 Å². The Kier molecular flexibility index (Phi) is 3.61. The van der Waals surface area contributed by atoms with Crippen LogP contribution in [-0.2, 0) is 4.74 Å². The summed E-state index contributed by atoms with van der Waals surface area (Å²) in [5.74, 6) is -0.460. The molecule has 0 heterocycles. The summed E-state index contributed by atoms with van der Waals surface area (Å²) in [6.45, 7) is 2.03. The molecule has 0 amide bonds. The molecule has 0 saturated heterocycles. The van der Waals surface area contributed by atoms with E-state index in [9.17, 15) is 4.79 Å². The van der Waals surface area contributed by atoms with Crippen LogP contribution < -0.4 is 5.73 Å². The number of benzene rings is 1. The molecule has 14 heavy (non-hydrogen) atoms. The van der Waals surface area contributed by atoms with E-state index in [4.69, 9.17) is 33.7 Å². The Labute approximate surface area is 91.7 Å². The highest BCUT2D eigenvalue weighted by atomic mass is 35.5. The lowest BCUT2D eigenvalue weighted by atomic mass is 10.2. The Balaban J connectivity index is 3.06. The van der Waals surface area contributed by atoms with Crippen molar-refractivity contribution in [3.8, 4) is 0 Å². The molecular weight excluding hydrogens is 225 g/mol. The minimum Gasteiger partial charge on any atom is -0.462 e. The zero-order chi connectivity index (χ0) is 10.7. The fourth-order valence-corrected chi connectivity index (χ4v) is 1.28. The van der Waals surface area contributed by atoms with Gasteiger partial charge in [-0.1, -0.05) is 23.2 Å². The predicted molar refractivity (Wildman–Crippen MR) is 56.8 cm³/mol. The van der Waals surface area contributed by atoms with Crippen LogP contribution in [0.2, 0.25) is 10.0 Å². The van der Waals surface area contributed by atoms with Crippen LogP contribution in [0.5, 0.6) is 0 Å². The molecule has 3 nitrogen and oxygen atoms in total. The molecule has 0 atom stereocenters. The van der Waals surface area contributed by atoms with Crippen LogP contribution in [0.25, 0.3) is 0 Å². The molecule has 0 spiro atoms. The van der Waals surface area contributed by atoms with E-state index in [1.165, 1.54) is 12.1 Å². The average Bonchev–Trinajstić information content (AvgIpc) is 2.13. The summed E-state index contributed by atoms with van der Waals surface area (Å²) in [5.41, 5.74) is 6.10. The van der Waals surface area contributed by atoms with Crippen molar-refractivity contribution in [3.63, 3.8) is 0 Å². The smallest absolute Gasteiger partial charge is 0.338 e. The van der Waals surface area contributed by atoms with Gasteiger partial charge in [0.25, 0.3) is 0 Å². The molecule has 1 rings (SSSR count). The van der Waals surface area contributed by atoms with E-state index in [1.54, 1.807) is 6.92 Å². The van der Waals surface area contributed by atoms with Gasteiger partial charge >= 0.3 is 5.97 Å². The Morgan fingerprint density at radius 2 is 2.14 bits per heavy atom. The SMILES string of the molecule is CCOC(=O)c1cc(N)c(Cl)c(Cl)c1. The number of esters is 1. The highest BCUT2D eigenvalue weighted by Gasteiger charge is 2.11. The summed E-state index contributed by atoms with van der Waals surface area (Å²) >= 11 is 11.5. The van der Waals surface area contributed by atoms with Crippen molar-refractivity contribution in [2.24, 2.45) is 0 Å². The molecule has 1 aromatic carbocycles. The van der Waals surface area contributed by atoms with E-state index in [0.29, 0.717) is 12.2 Å². The van der Waals surface area contributed by atoms with Crippen LogP contribution in [0.4, 0.5) is 5.69 Å². The number of nitrogens with two attached hydrogens (primary N) is 1. The zero-order valence-electron chi connectivity index (χ0n) is 7.51. The summed E-state index contributed by atoms with van der Waals surface area (Å²) < 4.78 is 4.78. The lowest BCUT2D eigenvalue weighted by Gasteiger charge is -2.05. The van der Waals surface area contributed by atoms with E-state index in [-0.39, 0.29) is 15.7 Å². The lowest BCUT2D eigenvalue weighted by molar-refractivity contribution is 0.0526. The number of carbonyl (C=O) groups is 1. The molecule has 0 aliphatic rings. The quantitative estimate of drug-likeness (QED) is 0.632. The molecule has 0 saturated carbocycles. The van der Waals surface area contributed by atoms with Crippen molar-refractivity contribution in [1.82, 2.24) is 0 Å². The second-order valence-electron chi connectivity index (χ2n) is 2.58. The van der Waals surface area contributed by atoms with Gasteiger partial charge < -0.3 is 10.5 Å². The van der Waals surface area contributed by atoms with Gasteiger partial charge in [-0.15, -0.1) is 0 Å². The Morgan fingerprint density at radius 1 is 1.50 bits per heavy atom. The number of rotatable bonds is 2. The maximum Gasteiger partial charge on any atom is 0.338 e. The largest absolute Gasteiger partial charge is 0.462 e. The van der Waals surface area contributed by atoms with Crippen LogP contribution in [0.15, 0.2) is 12.1 Å². The standard InChI is InChI=1S/C9H9Cl2NO2/c1-2-14-9(13)5-3-6(10)8(11)7(12)4-5/h3-4H,2,12H2,1H3. The predicted octanol–water partition coefficient (Wildman–Crippen LogP) is 2.75. The van der Waals surface area contributed by atoms with Crippen LogP contribution >= 0.6 is 23.2 Å². The second-order valence-corrected chi connectivity index (χ2v) is 3.37. The van der Waals surface area contributed by atoms with Crippen molar-refractivity contribution in [2.75, 3.05) is 12.3 Å². The van der Waals surface area contributed by atoms with E-state index >= 15 is 0 Å². The molecular formula is C9H9Cl2NO2. The molecule has 0 aliphatic heterocycles. The molecule has 0 aromatic heterocycles. The maximum atomic E-state index is 11.3. The third-order valence-corrected chi connectivity index (χ3v) is 2.38. The normalized spacial score (nSPS) is 9.93. The highest BCUT2D eigenvalue weighted by Crippen LogP contribution is 2.29. The molecule has 1 aromatic rings. The topological polar surface area (TPSA) is 52.3 Å². The third kappa shape index (κ3) is 2.30. The van der Waals surface area contributed by atoms with Crippen molar-refractivity contribution in [2.45, 2.75) is 6.92 Å². The lowest BCUT2D eigenvalue weighted by Crippen LogP contribution is -2.05. The minimum absolute atomic E-state index is 0.245. The van der Waals surface area contributed by atoms with Gasteiger partial charge in [0.05, 0.1) is 27.9 Å². The first kappa shape index (κ1) is 11.1. The van der Waals surface area contributed by atoms with Gasteiger partial charge in [0.15, 0.2) is 0 Å². The van der Waals surface area contributed by atoms with Crippen molar-refractivity contribution in [1.29, 1.82) is 0 Å². The monoisotopic (exact) mass is 233 g/mol. The van der Waals surface area contributed by atoms with Gasteiger partial charge in [0.1, 0.15) is 0 Å². The van der Waals surface area contributed by atoms with Gasteiger partial charge in [0, 0.05) is 0 Å². The average molecular weight is 234 g/mol. The number of hydrogen-bond donors (Lipinski definition) is 1. The van der Waals surface area contributed by atoms with E-state index in [0.717, 1.165) is 0 Å². The molecule has 0 aliphatic carbocycles. The minimum atomic E-state index is -0.460. The summed E-state index contributed by atoms with van der Waals surface area (Å²) in [6.07, 6.45) is 0. The third-order valence-electron chi connectivity index (χ3n) is 1.57. The second kappa shape index (κ2) is 4.53. The molecule has 2 N–H and O–H groups in total. The number of carbonyl (C=O) groups excluding carboxylic acids is 1. The first-order valence-electron chi connectivity index (χ1n) is 3.98. The van der Waals surface area contributed by atoms with Crippen molar-refractivity contribution >= 4 is 34.9 Å². The van der Waals surface area contributed by atoms with Crippen LogP contribution in [-0.4, -0.2) is 12.6 Å². The molecule has 76 valence electrons. The molecule has 0 unspecified atom stereocenters. The fraction of sp³-hybridized carbons (Fsp3) is 0.222. The zero-order valence-corrected chi connectivity index (χ0v) is 9.02. The first-order valence-corrected chi connectivity index (χ1v) is 4.73. The molecule has 0 bridgehead atoms. The first-order chi connectivity index (χ1) is 6.56. The Bertz CT molecular complexity index is 343. The summed E-state index contributed by atoms with van der Waals surface area (Å²) in [4.78, 5) is 11.3. The van der Waals surface area contributed by atoms with Crippen molar-refractivity contribution in [3.05, 3.63) is 27.7 Å². The van der Waals surface area contributed by atoms with Crippen LogP contribution in [0, 0.1) is 0 Å². The van der Waals surface area contributed by atoms with Gasteiger partial charge in [-0.3, -0.25) is 0 Å². The number of anilines is 1. The molecule has 0 fully saturated rings. The van der Waals surface area contributed by atoms with E-state index in [1.807, 2.05) is 0 Å². The van der Waals surface area contributed by atoms with Gasteiger partial charge in [-0.05, 0) is 19.1 Å². The summed E-state index contributed by atoms with van der Waals surface area (Å²) in [7, 11) is 0. The Morgan fingerprint density at radius 3 is 2.64 bits per heavy atom. The van der Waals surface area contributed by atoms with Crippen LogP contribution in [0.3, 0.4) is 0 Å². The maximum absolute atomic E-state index is 11.3. The number of hydrogen-bond acceptors (Lipinski definition) is 3. The fourth-order valence-electron chi connectivity index (χ4n) is 0.943. The number of ether oxygens (including phenoxy) is 1. The number of halogens is 2. The van der Waals surface area contributed by atoms with Gasteiger partial charge in [-0.25, -0.2) is 4.79 Å². The summed E-state index contributed by atoms with van der Waals surface area (Å²) in [6, 6.07) is 2.87. The van der Waals surface area contributed by atoms with E-state index < -0.39 is 5.97 Å². The van der Waals surface area contributed by atoms with Crippen LogP contribution in [0.1, 0.15) is 17.3 Å². The Hall–Kier alpha value is -0.930.